The molecule has 34 heavy (non-hydrogen) atoms. The fourth-order valence-electron chi connectivity index (χ4n) is 4.22. The van der Waals surface area contributed by atoms with E-state index in [-0.39, 0.29) is 0 Å². The highest BCUT2D eigenvalue weighted by Gasteiger charge is 2.02. The van der Waals surface area contributed by atoms with Crippen molar-refractivity contribution in [2.45, 2.75) is 122 Å². The van der Waals surface area contributed by atoms with Gasteiger partial charge in [-0.3, -0.25) is 0 Å². The summed E-state index contributed by atoms with van der Waals surface area (Å²) >= 11 is 1.89. The van der Waals surface area contributed by atoms with Gasteiger partial charge in [-0.05, 0) is 42.4 Å². The fourth-order valence-corrected chi connectivity index (χ4v) is 5.07. The number of aromatic nitrogens is 1. The smallest absolute Gasteiger partial charge is 0.119 e. The van der Waals surface area contributed by atoms with Gasteiger partial charge in [-0.1, -0.05) is 122 Å². The third-order valence-corrected chi connectivity index (χ3v) is 7.47. The average molecular weight is 484 g/mol. The Labute approximate surface area is 214 Å². The number of unbranched alkanes of at least 4 members (excludes halogenated alkanes) is 14. The van der Waals surface area contributed by atoms with Gasteiger partial charge >= 0.3 is 0 Å². The Hall–Kier alpha value is -1.48. The fraction of sp³-hybridized carbons (Fsp3) is 0.645. The van der Waals surface area contributed by atoms with Crippen molar-refractivity contribution in [3.63, 3.8) is 0 Å². The molecule has 0 atom stereocenters. The second-order valence-electron chi connectivity index (χ2n) is 9.56. The summed E-state index contributed by atoms with van der Waals surface area (Å²) < 4.78 is 5.94. The van der Waals surface area contributed by atoms with Gasteiger partial charge in [0.15, 0.2) is 0 Å². The maximum absolute atomic E-state index is 5.94. The second kappa shape index (κ2) is 19.8. The Morgan fingerprint density at radius 3 is 1.68 bits per heavy atom. The number of nitrogens with zero attached hydrogens (tertiary/aromatic N) is 1. The van der Waals surface area contributed by atoms with Gasteiger partial charge in [-0.2, -0.15) is 0 Å². The van der Waals surface area contributed by atoms with Crippen molar-refractivity contribution in [3.05, 3.63) is 42.6 Å². The Kier molecular flexibility index (Phi) is 16.7. The molecule has 1 heterocycles. The van der Waals surface area contributed by atoms with Crippen LogP contribution in [0.3, 0.4) is 0 Å². The molecule has 1 aromatic heterocycles. The maximum atomic E-state index is 5.94. The summed E-state index contributed by atoms with van der Waals surface area (Å²) in [6.45, 7) is 5.37. The molecule has 2 aromatic rings. The summed E-state index contributed by atoms with van der Waals surface area (Å²) in [7, 11) is 0. The molecule has 0 aliphatic heterocycles. The van der Waals surface area contributed by atoms with E-state index in [9.17, 15) is 0 Å². The van der Waals surface area contributed by atoms with Crippen molar-refractivity contribution in [2.75, 3.05) is 12.4 Å². The van der Waals surface area contributed by atoms with Crippen LogP contribution < -0.4 is 4.74 Å². The molecule has 1 aromatic carbocycles. The predicted molar refractivity (Wildman–Crippen MR) is 151 cm³/mol. The Morgan fingerprint density at radius 1 is 0.588 bits per heavy atom. The predicted octanol–water partition coefficient (Wildman–Crippen LogP) is 10.5. The van der Waals surface area contributed by atoms with E-state index in [4.69, 9.17) is 4.74 Å². The molecule has 3 heteroatoms. The third kappa shape index (κ3) is 13.4. The first kappa shape index (κ1) is 28.8. The molecule has 0 N–H and O–H groups in total. The first-order valence-electron chi connectivity index (χ1n) is 14.2. The van der Waals surface area contributed by atoms with Crippen LogP contribution in [-0.4, -0.2) is 17.3 Å². The molecule has 2 rings (SSSR count). The van der Waals surface area contributed by atoms with E-state index in [1.165, 1.54) is 113 Å². The van der Waals surface area contributed by atoms with Gasteiger partial charge in [0.1, 0.15) is 5.75 Å². The van der Waals surface area contributed by atoms with Crippen LogP contribution >= 0.6 is 11.8 Å². The topological polar surface area (TPSA) is 22.1 Å². The molecule has 0 aliphatic carbocycles. The summed E-state index contributed by atoms with van der Waals surface area (Å²) in [6.07, 6.45) is 23.6. The first-order valence-corrected chi connectivity index (χ1v) is 15.1. The van der Waals surface area contributed by atoms with E-state index < -0.39 is 0 Å². The highest BCUT2D eigenvalue weighted by atomic mass is 32.2. The van der Waals surface area contributed by atoms with E-state index in [1.807, 2.05) is 18.0 Å². The van der Waals surface area contributed by atoms with E-state index >= 15 is 0 Å². The van der Waals surface area contributed by atoms with Crippen molar-refractivity contribution < 1.29 is 4.74 Å². The van der Waals surface area contributed by atoms with Gasteiger partial charge in [0.05, 0.1) is 11.6 Å². The van der Waals surface area contributed by atoms with Crippen molar-refractivity contribution in [3.8, 4) is 16.9 Å². The Morgan fingerprint density at radius 2 is 1.12 bits per heavy atom. The van der Waals surface area contributed by atoms with Crippen LogP contribution in [0.2, 0.25) is 0 Å². The second-order valence-corrected chi connectivity index (χ2v) is 10.7. The first-order chi connectivity index (χ1) is 16.8. The van der Waals surface area contributed by atoms with E-state index in [0.29, 0.717) is 0 Å². The van der Waals surface area contributed by atoms with Crippen LogP contribution in [0.1, 0.15) is 117 Å². The van der Waals surface area contributed by atoms with Gasteiger partial charge in [0.2, 0.25) is 0 Å². The normalized spacial score (nSPS) is 11.1. The number of ether oxygens (including phenoxy) is 1. The quantitative estimate of drug-likeness (QED) is 0.130. The zero-order valence-corrected chi connectivity index (χ0v) is 22.8. The molecule has 0 spiro atoms. The van der Waals surface area contributed by atoms with Crippen LogP contribution in [0, 0.1) is 0 Å². The minimum atomic E-state index is 0.820. The van der Waals surface area contributed by atoms with Crippen LogP contribution in [-0.2, 0) is 0 Å². The lowest BCUT2D eigenvalue weighted by Gasteiger charge is -2.08. The molecule has 0 aliphatic rings. The summed E-state index contributed by atoms with van der Waals surface area (Å²) in [4.78, 5) is 4.68. The summed E-state index contributed by atoms with van der Waals surface area (Å²) in [5.74, 6) is 2.14. The molecule has 0 saturated carbocycles. The summed E-state index contributed by atoms with van der Waals surface area (Å²) in [5, 5.41) is 1.14. The summed E-state index contributed by atoms with van der Waals surface area (Å²) in [5.41, 5.74) is 2.37. The number of rotatable bonds is 21. The zero-order valence-electron chi connectivity index (χ0n) is 22.0. The van der Waals surface area contributed by atoms with Gasteiger partial charge in [-0.15, -0.1) is 11.8 Å². The van der Waals surface area contributed by atoms with Crippen molar-refractivity contribution in [1.82, 2.24) is 4.98 Å². The van der Waals surface area contributed by atoms with Crippen molar-refractivity contribution >= 4 is 11.8 Å². The number of benzene rings is 1. The number of hydrogen-bond donors (Lipinski definition) is 0. The van der Waals surface area contributed by atoms with Crippen molar-refractivity contribution in [2.24, 2.45) is 0 Å². The maximum Gasteiger partial charge on any atom is 0.119 e. The molecule has 190 valence electrons. The Bertz CT molecular complexity index is 650. The monoisotopic (exact) mass is 483 g/mol. The molecule has 0 unspecified atom stereocenters. The van der Waals surface area contributed by atoms with Gasteiger partial charge in [0, 0.05) is 11.8 Å². The minimum absolute atomic E-state index is 0.820. The molecule has 0 amide bonds. The number of pyridine rings is 1. The van der Waals surface area contributed by atoms with Crippen molar-refractivity contribution in [1.29, 1.82) is 0 Å². The lowest BCUT2D eigenvalue weighted by Crippen LogP contribution is -1.97. The molecule has 0 saturated heterocycles. The van der Waals surface area contributed by atoms with Gasteiger partial charge in [0.25, 0.3) is 0 Å². The van der Waals surface area contributed by atoms with Crippen LogP contribution in [0.25, 0.3) is 11.1 Å². The third-order valence-electron chi connectivity index (χ3n) is 6.44. The lowest BCUT2D eigenvalue weighted by molar-refractivity contribution is 0.304. The number of thioether (sulfide) groups is 1. The van der Waals surface area contributed by atoms with E-state index in [0.717, 1.165) is 23.8 Å². The van der Waals surface area contributed by atoms with E-state index in [2.05, 4.69) is 55.2 Å². The molecule has 0 radical (unpaired) electrons. The van der Waals surface area contributed by atoms with Gasteiger partial charge in [-0.25, -0.2) is 4.98 Å². The van der Waals surface area contributed by atoms with Crippen LogP contribution in [0.15, 0.2) is 47.6 Å². The molecule has 0 fully saturated rings. The molecule has 0 bridgehead atoms. The molecular weight excluding hydrogens is 434 g/mol. The largest absolute Gasteiger partial charge is 0.494 e. The van der Waals surface area contributed by atoms with Gasteiger partial charge < -0.3 is 4.74 Å². The highest BCUT2D eigenvalue weighted by molar-refractivity contribution is 7.99. The SMILES string of the molecule is CCCCCCCCCCOc1ccc(-c2ccc(SCCCCCCCCCC)nc2)cc1. The highest BCUT2D eigenvalue weighted by Crippen LogP contribution is 2.25. The standard InChI is InChI=1S/C31H49NOS/c1-3-5-7-9-11-13-15-17-25-33-30-22-19-28(20-23-30)29-21-24-31(32-27-29)34-26-18-16-14-12-10-8-6-4-2/h19-24,27H,3-18,25-26H2,1-2H3. The van der Waals surface area contributed by atoms with Crippen LogP contribution in [0.5, 0.6) is 5.75 Å². The number of hydrogen-bond acceptors (Lipinski definition) is 3. The summed E-state index contributed by atoms with van der Waals surface area (Å²) in [6, 6.07) is 12.8. The average Bonchev–Trinajstić information content (AvgIpc) is 2.87. The zero-order chi connectivity index (χ0) is 24.1. The minimum Gasteiger partial charge on any atom is -0.494 e. The Balaban J connectivity index is 1.57. The molecular formula is C31H49NOS. The van der Waals surface area contributed by atoms with Crippen LogP contribution in [0.4, 0.5) is 0 Å². The lowest BCUT2D eigenvalue weighted by atomic mass is 10.1. The molecule has 2 nitrogen and oxygen atoms in total. The van der Waals surface area contributed by atoms with E-state index in [1.54, 1.807) is 0 Å².